The predicted molar refractivity (Wildman–Crippen MR) is 75.8 cm³/mol. The van der Waals surface area contributed by atoms with Gasteiger partial charge in [-0.3, -0.25) is 0 Å². The highest BCUT2D eigenvalue weighted by Gasteiger charge is 2.16. The number of hydrogen-bond acceptors (Lipinski definition) is 2. The Labute approximate surface area is 113 Å². The van der Waals surface area contributed by atoms with Crippen molar-refractivity contribution in [3.63, 3.8) is 0 Å². The summed E-state index contributed by atoms with van der Waals surface area (Å²) in [6.45, 7) is 6.88. The molecule has 0 aromatic heterocycles. The Morgan fingerprint density at radius 3 is 2.68 bits per heavy atom. The van der Waals surface area contributed by atoms with E-state index in [1.54, 1.807) is 6.07 Å². The Bertz CT molecular complexity index is 471. The van der Waals surface area contributed by atoms with Crippen molar-refractivity contribution in [2.45, 2.75) is 33.2 Å². The van der Waals surface area contributed by atoms with Crippen LogP contribution in [0.4, 0.5) is 10.1 Å². The van der Waals surface area contributed by atoms with E-state index < -0.39 is 11.8 Å². The molecule has 0 aliphatic rings. The summed E-state index contributed by atoms with van der Waals surface area (Å²) < 4.78 is 13.9. The number of carboxylic acids is 1. The fourth-order valence-electron chi connectivity index (χ4n) is 2.04. The van der Waals surface area contributed by atoms with E-state index in [0.29, 0.717) is 5.56 Å². The number of aliphatic carboxylic acids is 1. The number of rotatable bonds is 6. The van der Waals surface area contributed by atoms with Crippen LogP contribution in [0, 0.1) is 5.82 Å². The lowest BCUT2D eigenvalue weighted by molar-refractivity contribution is -0.131. The summed E-state index contributed by atoms with van der Waals surface area (Å²) in [6, 6.07) is 5.08. The van der Waals surface area contributed by atoms with Crippen molar-refractivity contribution in [2.75, 3.05) is 11.4 Å². The fourth-order valence-corrected chi connectivity index (χ4v) is 2.04. The summed E-state index contributed by atoms with van der Waals surface area (Å²) in [5.41, 5.74) is 1.06. The van der Waals surface area contributed by atoms with Gasteiger partial charge in [0.15, 0.2) is 0 Å². The van der Waals surface area contributed by atoms with Gasteiger partial charge >= 0.3 is 5.97 Å². The van der Waals surface area contributed by atoms with Crippen LogP contribution in [-0.4, -0.2) is 23.7 Å². The lowest BCUT2D eigenvalue weighted by Crippen LogP contribution is -2.33. The molecule has 0 aliphatic heterocycles. The minimum absolute atomic E-state index is 0.267. The monoisotopic (exact) mass is 265 g/mol. The van der Waals surface area contributed by atoms with E-state index in [2.05, 4.69) is 18.7 Å². The normalized spacial score (nSPS) is 12.6. The molecule has 4 heteroatoms. The Kier molecular flexibility index (Phi) is 5.55. The van der Waals surface area contributed by atoms with Gasteiger partial charge in [0.05, 0.1) is 0 Å². The first-order valence-corrected chi connectivity index (χ1v) is 6.47. The van der Waals surface area contributed by atoms with E-state index >= 15 is 0 Å². The van der Waals surface area contributed by atoms with E-state index in [0.717, 1.165) is 24.7 Å². The van der Waals surface area contributed by atoms with Gasteiger partial charge < -0.3 is 10.0 Å². The number of carboxylic acid groups (broad SMARTS) is 1. The first-order chi connectivity index (χ1) is 9.01. The molecule has 1 N–H and O–H groups in total. The van der Waals surface area contributed by atoms with Crippen molar-refractivity contribution < 1.29 is 14.3 Å². The van der Waals surface area contributed by atoms with Crippen molar-refractivity contribution >= 4 is 17.7 Å². The zero-order valence-corrected chi connectivity index (χ0v) is 11.6. The first-order valence-electron chi connectivity index (χ1n) is 6.47. The average molecular weight is 265 g/mol. The highest BCUT2D eigenvalue weighted by Crippen LogP contribution is 2.27. The maximum Gasteiger partial charge on any atom is 0.328 e. The Hall–Kier alpha value is -1.84. The fraction of sp³-hybridized carbons (Fsp3) is 0.400. The third-order valence-electron chi connectivity index (χ3n) is 3.20. The molecule has 0 saturated carbocycles. The standard InChI is InChI=1S/C15H20FNO2/c1-4-11(3)17(5-2)14-8-6-7-13(16)12(14)9-10-15(18)19/h6-11H,4-5H2,1-3H3,(H,18,19)/b10-9+. The summed E-state index contributed by atoms with van der Waals surface area (Å²) in [6.07, 6.45) is 3.22. The number of hydrogen-bond donors (Lipinski definition) is 1. The Morgan fingerprint density at radius 1 is 1.47 bits per heavy atom. The summed E-state index contributed by atoms with van der Waals surface area (Å²) in [5, 5.41) is 8.68. The highest BCUT2D eigenvalue weighted by atomic mass is 19.1. The molecule has 19 heavy (non-hydrogen) atoms. The first kappa shape index (κ1) is 15.2. The third kappa shape index (κ3) is 3.81. The molecule has 0 heterocycles. The third-order valence-corrected chi connectivity index (χ3v) is 3.20. The van der Waals surface area contributed by atoms with Crippen LogP contribution in [0.1, 0.15) is 32.8 Å². The Balaban J connectivity index is 3.25. The number of carbonyl (C=O) groups is 1. The van der Waals surface area contributed by atoms with Crippen LogP contribution in [0.25, 0.3) is 6.08 Å². The van der Waals surface area contributed by atoms with E-state index in [4.69, 9.17) is 5.11 Å². The van der Waals surface area contributed by atoms with Gasteiger partial charge in [0.25, 0.3) is 0 Å². The SMILES string of the molecule is CCC(C)N(CC)c1cccc(F)c1/C=C/C(=O)O. The van der Waals surface area contributed by atoms with Gasteiger partial charge in [-0.05, 0) is 38.5 Å². The topological polar surface area (TPSA) is 40.5 Å². The summed E-state index contributed by atoms with van der Waals surface area (Å²) in [5.74, 6) is -1.49. The lowest BCUT2D eigenvalue weighted by atomic mass is 10.1. The van der Waals surface area contributed by atoms with Crippen LogP contribution in [0.15, 0.2) is 24.3 Å². The van der Waals surface area contributed by atoms with Crippen molar-refractivity contribution in [3.8, 4) is 0 Å². The molecule has 0 amide bonds. The van der Waals surface area contributed by atoms with Crippen LogP contribution in [0.5, 0.6) is 0 Å². The second-order valence-corrected chi connectivity index (χ2v) is 4.39. The Morgan fingerprint density at radius 2 is 2.16 bits per heavy atom. The molecule has 104 valence electrons. The zero-order valence-electron chi connectivity index (χ0n) is 11.6. The van der Waals surface area contributed by atoms with E-state index in [-0.39, 0.29) is 6.04 Å². The lowest BCUT2D eigenvalue weighted by Gasteiger charge is -2.31. The summed E-state index contributed by atoms with van der Waals surface area (Å²) >= 11 is 0. The van der Waals surface area contributed by atoms with Gasteiger partial charge in [0.1, 0.15) is 5.82 Å². The molecule has 1 aromatic rings. The molecule has 1 unspecified atom stereocenters. The smallest absolute Gasteiger partial charge is 0.328 e. The van der Waals surface area contributed by atoms with Crippen molar-refractivity contribution in [1.29, 1.82) is 0 Å². The van der Waals surface area contributed by atoms with Crippen LogP contribution >= 0.6 is 0 Å². The van der Waals surface area contributed by atoms with Gasteiger partial charge in [-0.2, -0.15) is 0 Å². The molecular formula is C15H20FNO2. The molecular weight excluding hydrogens is 245 g/mol. The molecule has 0 aliphatic carbocycles. The van der Waals surface area contributed by atoms with E-state index in [1.807, 2.05) is 13.0 Å². The summed E-state index contributed by atoms with van der Waals surface area (Å²) in [4.78, 5) is 12.7. The van der Waals surface area contributed by atoms with E-state index in [1.165, 1.54) is 12.1 Å². The van der Waals surface area contributed by atoms with Gasteiger partial charge in [-0.1, -0.05) is 13.0 Å². The minimum atomic E-state index is -1.08. The van der Waals surface area contributed by atoms with Crippen LogP contribution in [-0.2, 0) is 4.79 Å². The van der Waals surface area contributed by atoms with Crippen molar-refractivity contribution in [1.82, 2.24) is 0 Å². The second-order valence-electron chi connectivity index (χ2n) is 4.39. The number of nitrogens with zero attached hydrogens (tertiary/aromatic N) is 1. The number of benzene rings is 1. The van der Waals surface area contributed by atoms with Crippen LogP contribution < -0.4 is 4.90 Å². The van der Waals surface area contributed by atoms with Gasteiger partial charge in [0, 0.05) is 29.9 Å². The van der Waals surface area contributed by atoms with Gasteiger partial charge in [0.2, 0.25) is 0 Å². The van der Waals surface area contributed by atoms with Crippen molar-refractivity contribution in [3.05, 3.63) is 35.7 Å². The van der Waals surface area contributed by atoms with Crippen LogP contribution in [0.2, 0.25) is 0 Å². The molecule has 0 spiro atoms. The highest BCUT2D eigenvalue weighted by molar-refractivity contribution is 5.87. The van der Waals surface area contributed by atoms with Gasteiger partial charge in [-0.15, -0.1) is 0 Å². The van der Waals surface area contributed by atoms with Crippen LogP contribution in [0.3, 0.4) is 0 Å². The van der Waals surface area contributed by atoms with Crippen molar-refractivity contribution in [2.24, 2.45) is 0 Å². The zero-order chi connectivity index (χ0) is 14.4. The average Bonchev–Trinajstić information content (AvgIpc) is 2.38. The molecule has 1 atom stereocenters. The quantitative estimate of drug-likeness (QED) is 0.800. The number of halogens is 1. The molecule has 3 nitrogen and oxygen atoms in total. The summed E-state index contributed by atoms with van der Waals surface area (Å²) in [7, 11) is 0. The molecule has 1 rings (SSSR count). The molecule has 0 radical (unpaired) electrons. The molecule has 0 saturated heterocycles. The molecule has 0 bridgehead atoms. The van der Waals surface area contributed by atoms with E-state index in [9.17, 15) is 9.18 Å². The molecule has 0 fully saturated rings. The minimum Gasteiger partial charge on any atom is -0.478 e. The number of anilines is 1. The predicted octanol–water partition coefficient (Wildman–Crippen LogP) is 3.55. The van der Waals surface area contributed by atoms with Gasteiger partial charge in [-0.25, -0.2) is 9.18 Å². The second kappa shape index (κ2) is 6.92. The largest absolute Gasteiger partial charge is 0.478 e. The maximum atomic E-state index is 13.9. The molecule has 1 aromatic carbocycles. The maximum absolute atomic E-state index is 13.9.